The van der Waals surface area contributed by atoms with Crippen molar-refractivity contribution in [2.45, 2.75) is 19.4 Å². The van der Waals surface area contributed by atoms with Crippen LogP contribution in [0.25, 0.3) is 0 Å². The van der Waals surface area contributed by atoms with Gasteiger partial charge < -0.3 is 20.5 Å². The van der Waals surface area contributed by atoms with E-state index in [1.165, 1.54) is 24.3 Å². The number of carbonyl (C=O) groups is 3. The highest BCUT2D eigenvalue weighted by Crippen LogP contribution is 2.13. The van der Waals surface area contributed by atoms with Gasteiger partial charge in [0.05, 0.1) is 0 Å². The number of carbonyl (C=O) groups excluding carboxylic acids is 3. The van der Waals surface area contributed by atoms with Crippen molar-refractivity contribution >= 4 is 23.5 Å². The van der Waals surface area contributed by atoms with Crippen LogP contribution in [-0.4, -0.2) is 30.5 Å². The maximum absolute atomic E-state index is 12.1. The predicted molar refractivity (Wildman–Crippen MR) is 95.7 cm³/mol. The molecule has 2 rings (SSSR count). The van der Waals surface area contributed by atoms with Gasteiger partial charge in [-0.15, -0.1) is 0 Å². The van der Waals surface area contributed by atoms with Crippen molar-refractivity contribution in [2.24, 2.45) is 5.73 Å². The molecule has 0 saturated heterocycles. The summed E-state index contributed by atoms with van der Waals surface area (Å²) in [5, 5.41) is 2.56. The van der Waals surface area contributed by atoms with E-state index in [9.17, 15) is 14.4 Å². The third-order valence-corrected chi connectivity index (χ3v) is 3.45. The van der Waals surface area contributed by atoms with Crippen molar-refractivity contribution in [3.05, 3.63) is 60.2 Å². The molecule has 0 aliphatic rings. The predicted octanol–water partition coefficient (Wildman–Crippen LogP) is 2.12. The van der Waals surface area contributed by atoms with E-state index in [1.807, 2.05) is 6.07 Å². The average molecular weight is 356 g/mol. The number of anilines is 1. The molecular formula is C19H20N2O5. The van der Waals surface area contributed by atoms with Crippen LogP contribution in [-0.2, 0) is 14.3 Å². The van der Waals surface area contributed by atoms with E-state index >= 15 is 0 Å². The third-order valence-electron chi connectivity index (χ3n) is 3.45. The molecule has 7 nitrogen and oxygen atoms in total. The van der Waals surface area contributed by atoms with Gasteiger partial charge in [0.25, 0.3) is 5.91 Å². The SMILES string of the molecule is CC[C@H](Oc1ccccc1)C(=O)OCC(=O)Nc1ccc(C(N)=O)cc1. The van der Waals surface area contributed by atoms with Crippen molar-refractivity contribution in [3.63, 3.8) is 0 Å². The molecule has 0 aliphatic heterocycles. The molecule has 26 heavy (non-hydrogen) atoms. The number of benzene rings is 2. The number of ether oxygens (including phenoxy) is 2. The van der Waals surface area contributed by atoms with Crippen LogP contribution in [0.15, 0.2) is 54.6 Å². The number of esters is 1. The van der Waals surface area contributed by atoms with Gasteiger partial charge in [0.15, 0.2) is 12.7 Å². The highest BCUT2D eigenvalue weighted by Gasteiger charge is 2.21. The molecule has 0 saturated carbocycles. The molecule has 0 fully saturated rings. The zero-order valence-corrected chi connectivity index (χ0v) is 14.3. The molecule has 2 aromatic carbocycles. The van der Waals surface area contributed by atoms with Crippen molar-refractivity contribution in [3.8, 4) is 5.75 Å². The van der Waals surface area contributed by atoms with Crippen molar-refractivity contribution in [1.29, 1.82) is 0 Å². The van der Waals surface area contributed by atoms with Gasteiger partial charge in [0.2, 0.25) is 5.91 Å². The molecule has 136 valence electrons. The smallest absolute Gasteiger partial charge is 0.347 e. The zero-order valence-electron chi connectivity index (χ0n) is 14.3. The number of para-hydroxylation sites is 1. The monoisotopic (exact) mass is 356 g/mol. The first-order chi connectivity index (χ1) is 12.5. The molecule has 3 N–H and O–H groups in total. The molecule has 2 amide bonds. The Bertz CT molecular complexity index is 759. The second kappa shape index (κ2) is 9.22. The summed E-state index contributed by atoms with van der Waals surface area (Å²) in [6.45, 7) is 1.35. The standard InChI is InChI=1S/C19H20N2O5/c1-2-16(26-15-6-4-3-5-7-15)19(24)25-12-17(22)21-14-10-8-13(9-11-14)18(20)23/h3-11,16H,2,12H2,1H3,(H2,20,23)(H,21,22)/t16-/m0/s1. The van der Waals surface area contributed by atoms with Gasteiger partial charge in [-0.05, 0) is 42.8 Å². The highest BCUT2D eigenvalue weighted by molar-refractivity contribution is 5.95. The Kier molecular flexibility index (Phi) is 6.73. The summed E-state index contributed by atoms with van der Waals surface area (Å²) in [5.41, 5.74) is 5.94. The van der Waals surface area contributed by atoms with Gasteiger partial charge in [-0.2, -0.15) is 0 Å². The van der Waals surface area contributed by atoms with E-state index in [0.29, 0.717) is 23.4 Å². The summed E-state index contributed by atoms with van der Waals surface area (Å²) >= 11 is 0. The number of hydrogen-bond acceptors (Lipinski definition) is 5. The Hall–Kier alpha value is -3.35. The second-order valence-electron chi connectivity index (χ2n) is 5.43. The van der Waals surface area contributed by atoms with Gasteiger partial charge in [-0.1, -0.05) is 25.1 Å². The van der Waals surface area contributed by atoms with Crippen molar-refractivity contribution in [2.75, 3.05) is 11.9 Å². The Morgan fingerprint density at radius 1 is 1.04 bits per heavy atom. The lowest BCUT2D eigenvalue weighted by Crippen LogP contribution is -2.31. The molecular weight excluding hydrogens is 336 g/mol. The minimum Gasteiger partial charge on any atom is -0.479 e. The fourth-order valence-corrected chi connectivity index (χ4v) is 2.11. The van der Waals surface area contributed by atoms with Gasteiger partial charge >= 0.3 is 5.97 Å². The summed E-state index contributed by atoms with van der Waals surface area (Å²) < 4.78 is 10.6. The Balaban J connectivity index is 1.83. The molecule has 0 aliphatic carbocycles. The normalized spacial score (nSPS) is 11.3. The lowest BCUT2D eigenvalue weighted by Gasteiger charge is -2.16. The average Bonchev–Trinajstić information content (AvgIpc) is 2.65. The van der Waals surface area contributed by atoms with Gasteiger partial charge in [0.1, 0.15) is 5.75 Å². The lowest BCUT2D eigenvalue weighted by molar-refractivity contribution is -0.154. The summed E-state index contributed by atoms with van der Waals surface area (Å²) in [7, 11) is 0. The molecule has 0 unspecified atom stereocenters. The molecule has 0 aromatic heterocycles. The van der Waals surface area contributed by atoms with Gasteiger partial charge in [0, 0.05) is 11.3 Å². The summed E-state index contributed by atoms with van der Waals surface area (Å²) in [5.74, 6) is -1.12. The minimum atomic E-state index is -0.792. The van der Waals surface area contributed by atoms with Crippen LogP contribution in [0.4, 0.5) is 5.69 Å². The third kappa shape index (κ3) is 5.62. The highest BCUT2D eigenvalue weighted by atomic mass is 16.6. The Labute approximate surface area is 151 Å². The van der Waals surface area contributed by atoms with Crippen LogP contribution in [0.5, 0.6) is 5.75 Å². The Morgan fingerprint density at radius 2 is 1.69 bits per heavy atom. The Morgan fingerprint density at radius 3 is 2.27 bits per heavy atom. The van der Waals surface area contributed by atoms with E-state index in [2.05, 4.69) is 5.32 Å². The van der Waals surface area contributed by atoms with E-state index in [-0.39, 0.29) is 0 Å². The summed E-state index contributed by atoms with van der Waals surface area (Å²) in [6, 6.07) is 15.0. The quantitative estimate of drug-likeness (QED) is 0.705. The first kappa shape index (κ1) is 19.0. The van der Waals surface area contributed by atoms with Gasteiger partial charge in [-0.25, -0.2) is 4.79 Å². The van der Waals surface area contributed by atoms with Crippen molar-refractivity contribution < 1.29 is 23.9 Å². The molecule has 2 aromatic rings. The maximum atomic E-state index is 12.1. The maximum Gasteiger partial charge on any atom is 0.347 e. The number of nitrogens with two attached hydrogens (primary N) is 1. The molecule has 0 spiro atoms. The fourth-order valence-electron chi connectivity index (χ4n) is 2.11. The summed E-state index contributed by atoms with van der Waals surface area (Å²) in [4.78, 5) is 35.0. The topological polar surface area (TPSA) is 108 Å². The zero-order chi connectivity index (χ0) is 18.9. The van der Waals surface area contributed by atoms with Crippen LogP contribution >= 0.6 is 0 Å². The summed E-state index contributed by atoms with van der Waals surface area (Å²) in [6.07, 6.45) is -0.385. The van der Waals surface area contributed by atoms with E-state index in [4.69, 9.17) is 15.2 Å². The van der Waals surface area contributed by atoms with Crippen LogP contribution in [0.1, 0.15) is 23.7 Å². The second-order valence-corrected chi connectivity index (χ2v) is 5.43. The number of hydrogen-bond donors (Lipinski definition) is 2. The van der Waals surface area contributed by atoms with E-state index < -0.39 is 30.5 Å². The van der Waals surface area contributed by atoms with E-state index in [0.717, 1.165) is 0 Å². The lowest BCUT2D eigenvalue weighted by atomic mass is 10.2. The molecule has 7 heteroatoms. The van der Waals surface area contributed by atoms with Crippen LogP contribution < -0.4 is 15.8 Å². The van der Waals surface area contributed by atoms with E-state index in [1.54, 1.807) is 31.2 Å². The van der Waals surface area contributed by atoms with Gasteiger partial charge in [-0.3, -0.25) is 9.59 Å². The fraction of sp³-hybridized carbons (Fsp3) is 0.211. The molecule has 0 bridgehead atoms. The molecule has 0 radical (unpaired) electrons. The number of primary amides is 1. The molecule has 0 heterocycles. The first-order valence-corrected chi connectivity index (χ1v) is 8.07. The minimum absolute atomic E-state index is 0.332. The largest absolute Gasteiger partial charge is 0.479 e. The van der Waals surface area contributed by atoms with Crippen LogP contribution in [0.3, 0.4) is 0 Å². The number of nitrogens with one attached hydrogen (secondary N) is 1. The number of amides is 2. The van der Waals surface area contributed by atoms with Crippen LogP contribution in [0.2, 0.25) is 0 Å². The van der Waals surface area contributed by atoms with Crippen molar-refractivity contribution in [1.82, 2.24) is 0 Å². The van der Waals surface area contributed by atoms with Crippen LogP contribution in [0, 0.1) is 0 Å². The molecule has 1 atom stereocenters. The first-order valence-electron chi connectivity index (χ1n) is 8.07. The number of rotatable bonds is 8.